The molecular formula is C15H13F3N2O. The molecule has 0 aliphatic rings. The van der Waals surface area contributed by atoms with Crippen molar-refractivity contribution in [2.75, 3.05) is 5.32 Å². The number of rotatable bonds is 5. The van der Waals surface area contributed by atoms with Crippen LogP contribution in [-0.4, -0.2) is 6.41 Å². The number of carbonyl (C=O) groups excluding carboxylic acids is 1. The van der Waals surface area contributed by atoms with Crippen LogP contribution >= 0.6 is 0 Å². The Balaban J connectivity index is 2.17. The van der Waals surface area contributed by atoms with Gasteiger partial charge in [0.2, 0.25) is 6.41 Å². The molecule has 0 fully saturated rings. The molecule has 6 heteroatoms. The summed E-state index contributed by atoms with van der Waals surface area (Å²) in [5.74, 6) is 0. The number of benzene rings is 2. The standard InChI is InChI=1S/C15H13F3N2O/c16-15(17,18)13-3-1-2-4-14(13)20-12-7-5-11(6-8-12)9-19-10-21/h1-8,10,20H,9H2,(H,19,21). The van der Waals surface area contributed by atoms with Crippen molar-refractivity contribution in [3.63, 3.8) is 0 Å². The van der Waals surface area contributed by atoms with Crippen LogP contribution in [0.1, 0.15) is 11.1 Å². The van der Waals surface area contributed by atoms with Crippen LogP contribution in [0, 0.1) is 0 Å². The molecule has 0 aliphatic heterocycles. The molecule has 2 aromatic carbocycles. The van der Waals surface area contributed by atoms with Gasteiger partial charge in [-0.25, -0.2) is 0 Å². The van der Waals surface area contributed by atoms with E-state index in [0.717, 1.165) is 11.6 Å². The molecule has 0 aliphatic carbocycles. The highest BCUT2D eigenvalue weighted by molar-refractivity contribution is 5.64. The Kier molecular flexibility index (Phi) is 4.47. The monoisotopic (exact) mass is 294 g/mol. The van der Waals surface area contributed by atoms with Gasteiger partial charge in [-0.15, -0.1) is 0 Å². The number of anilines is 2. The fourth-order valence-electron chi connectivity index (χ4n) is 1.86. The largest absolute Gasteiger partial charge is 0.418 e. The van der Waals surface area contributed by atoms with E-state index in [-0.39, 0.29) is 5.69 Å². The molecule has 0 bridgehead atoms. The van der Waals surface area contributed by atoms with Gasteiger partial charge in [-0.2, -0.15) is 13.2 Å². The van der Waals surface area contributed by atoms with Gasteiger partial charge in [0.1, 0.15) is 0 Å². The molecule has 0 radical (unpaired) electrons. The molecule has 0 saturated carbocycles. The number of halogens is 3. The van der Waals surface area contributed by atoms with Gasteiger partial charge in [0.05, 0.1) is 11.3 Å². The van der Waals surface area contributed by atoms with Gasteiger partial charge in [0.15, 0.2) is 0 Å². The summed E-state index contributed by atoms with van der Waals surface area (Å²) in [5, 5.41) is 5.27. The molecule has 0 saturated heterocycles. The maximum atomic E-state index is 12.9. The van der Waals surface area contributed by atoms with Crippen molar-refractivity contribution in [1.29, 1.82) is 0 Å². The number of carbonyl (C=O) groups is 1. The van der Waals surface area contributed by atoms with E-state index in [2.05, 4.69) is 10.6 Å². The third-order valence-electron chi connectivity index (χ3n) is 2.85. The zero-order chi connectivity index (χ0) is 15.3. The topological polar surface area (TPSA) is 41.1 Å². The van der Waals surface area contributed by atoms with Crippen molar-refractivity contribution in [2.24, 2.45) is 0 Å². The molecule has 0 unspecified atom stereocenters. The van der Waals surface area contributed by atoms with E-state index >= 15 is 0 Å². The zero-order valence-electron chi connectivity index (χ0n) is 10.9. The normalized spacial score (nSPS) is 11.0. The summed E-state index contributed by atoms with van der Waals surface area (Å²) in [6.07, 6.45) is -3.82. The van der Waals surface area contributed by atoms with Crippen LogP contribution in [0.25, 0.3) is 0 Å². The molecule has 0 aromatic heterocycles. The van der Waals surface area contributed by atoms with Crippen LogP contribution in [0.5, 0.6) is 0 Å². The van der Waals surface area contributed by atoms with Crippen molar-refractivity contribution >= 4 is 17.8 Å². The molecule has 3 nitrogen and oxygen atoms in total. The number of alkyl halides is 3. The minimum atomic E-state index is -4.41. The number of hydrogen-bond donors (Lipinski definition) is 2. The first-order valence-corrected chi connectivity index (χ1v) is 6.20. The van der Waals surface area contributed by atoms with Crippen LogP contribution < -0.4 is 10.6 Å². The average Bonchev–Trinajstić information content (AvgIpc) is 2.46. The summed E-state index contributed by atoms with van der Waals surface area (Å²) in [7, 11) is 0. The number of hydrogen-bond acceptors (Lipinski definition) is 2. The SMILES string of the molecule is O=CNCc1ccc(Nc2ccccc2C(F)(F)F)cc1. The lowest BCUT2D eigenvalue weighted by Gasteiger charge is -2.14. The summed E-state index contributed by atoms with van der Waals surface area (Å²) < 4.78 is 38.6. The Hall–Kier alpha value is -2.50. The molecule has 2 aromatic rings. The van der Waals surface area contributed by atoms with Crippen LogP contribution in [-0.2, 0) is 17.5 Å². The summed E-state index contributed by atoms with van der Waals surface area (Å²) >= 11 is 0. The maximum absolute atomic E-state index is 12.9. The number of amides is 1. The Morgan fingerprint density at radius 3 is 2.29 bits per heavy atom. The smallest absolute Gasteiger partial charge is 0.355 e. The van der Waals surface area contributed by atoms with E-state index < -0.39 is 11.7 Å². The summed E-state index contributed by atoms with van der Waals surface area (Å²) in [6.45, 7) is 0.378. The number of para-hydroxylation sites is 1. The van der Waals surface area contributed by atoms with Crippen LogP contribution in [0.2, 0.25) is 0 Å². The predicted octanol–water partition coefficient (Wildman–Crippen LogP) is 3.70. The molecule has 110 valence electrons. The van der Waals surface area contributed by atoms with Crippen molar-refractivity contribution < 1.29 is 18.0 Å². The molecule has 21 heavy (non-hydrogen) atoms. The maximum Gasteiger partial charge on any atom is 0.418 e. The highest BCUT2D eigenvalue weighted by Gasteiger charge is 2.33. The first kappa shape index (κ1) is 14.9. The summed E-state index contributed by atoms with van der Waals surface area (Å²) in [4.78, 5) is 10.2. The van der Waals surface area contributed by atoms with Crippen LogP contribution in [0.15, 0.2) is 48.5 Å². The lowest BCUT2D eigenvalue weighted by Crippen LogP contribution is -2.10. The Morgan fingerprint density at radius 2 is 1.67 bits per heavy atom. The second kappa shape index (κ2) is 6.30. The summed E-state index contributed by atoms with van der Waals surface area (Å²) in [5.41, 5.74) is 0.693. The van der Waals surface area contributed by atoms with E-state index in [4.69, 9.17) is 0 Å². The van der Waals surface area contributed by atoms with E-state index in [1.807, 2.05) is 0 Å². The molecule has 2 rings (SSSR count). The Labute approximate surface area is 119 Å². The van der Waals surface area contributed by atoms with Gasteiger partial charge in [0, 0.05) is 12.2 Å². The molecule has 2 N–H and O–H groups in total. The fraction of sp³-hybridized carbons (Fsp3) is 0.133. The fourth-order valence-corrected chi connectivity index (χ4v) is 1.86. The third kappa shape index (κ3) is 3.98. The minimum absolute atomic E-state index is 0.00349. The molecule has 1 amide bonds. The molecule has 0 heterocycles. The highest BCUT2D eigenvalue weighted by Crippen LogP contribution is 2.35. The minimum Gasteiger partial charge on any atom is -0.355 e. The molecular weight excluding hydrogens is 281 g/mol. The second-order valence-corrected chi connectivity index (χ2v) is 4.36. The van der Waals surface area contributed by atoms with Gasteiger partial charge in [0.25, 0.3) is 0 Å². The predicted molar refractivity (Wildman–Crippen MR) is 74.1 cm³/mol. The van der Waals surface area contributed by atoms with Crippen molar-refractivity contribution in [2.45, 2.75) is 12.7 Å². The zero-order valence-corrected chi connectivity index (χ0v) is 10.9. The Bertz CT molecular complexity index is 609. The highest BCUT2D eigenvalue weighted by atomic mass is 19.4. The van der Waals surface area contributed by atoms with E-state index in [9.17, 15) is 18.0 Å². The lowest BCUT2D eigenvalue weighted by atomic mass is 10.1. The van der Waals surface area contributed by atoms with E-state index in [1.165, 1.54) is 12.1 Å². The van der Waals surface area contributed by atoms with Gasteiger partial charge < -0.3 is 10.6 Å². The third-order valence-corrected chi connectivity index (χ3v) is 2.85. The molecule has 0 spiro atoms. The van der Waals surface area contributed by atoms with Crippen LogP contribution in [0.4, 0.5) is 24.5 Å². The van der Waals surface area contributed by atoms with Crippen molar-refractivity contribution in [3.05, 3.63) is 59.7 Å². The van der Waals surface area contributed by atoms with Crippen molar-refractivity contribution in [1.82, 2.24) is 5.32 Å². The van der Waals surface area contributed by atoms with Crippen molar-refractivity contribution in [3.8, 4) is 0 Å². The van der Waals surface area contributed by atoms with Gasteiger partial charge in [-0.3, -0.25) is 4.79 Å². The van der Waals surface area contributed by atoms with Gasteiger partial charge in [-0.05, 0) is 29.8 Å². The molecule has 0 atom stereocenters. The Morgan fingerprint density at radius 1 is 1.00 bits per heavy atom. The lowest BCUT2D eigenvalue weighted by molar-refractivity contribution is -0.136. The van der Waals surface area contributed by atoms with Gasteiger partial charge >= 0.3 is 6.18 Å². The first-order chi connectivity index (χ1) is 10.0. The van der Waals surface area contributed by atoms with E-state index in [1.54, 1.807) is 30.3 Å². The van der Waals surface area contributed by atoms with Crippen LogP contribution in [0.3, 0.4) is 0 Å². The average molecular weight is 294 g/mol. The quantitative estimate of drug-likeness (QED) is 0.826. The summed E-state index contributed by atoms with van der Waals surface area (Å²) in [6, 6.07) is 12.1. The van der Waals surface area contributed by atoms with Gasteiger partial charge in [-0.1, -0.05) is 24.3 Å². The second-order valence-electron chi connectivity index (χ2n) is 4.36. The van der Waals surface area contributed by atoms with E-state index in [0.29, 0.717) is 18.6 Å². The number of nitrogens with one attached hydrogen (secondary N) is 2. The first-order valence-electron chi connectivity index (χ1n) is 6.20.